The van der Waals surface area contributed by atoms with Crippen molar-refractivity contribution in [1.82, 2.24) is 9.03 Å². The van der Waals surface area contributed by atoms with E-state index in [-0.39, 0.29) is 6.54 Å². The van der Waals surface area contributed by atoms with Gasteiger partial charge in [0.1, 0.15) is 5.60 Å². The number of nitrogens with zero attached hydrogens (tertiary/aromatic N) is 1. The Hall–Kier alpha value is -0.470. The molecule has 0 bridgehead atoms. The normalized spacial score (nSPS) is 15.6. The molecular weight excluding hydrogens is 284 g/mol. The standard InChI is InChI=1S/C12H22N2O3S2/c1-4-5-7-14(3)19(16,17)13-10-12(2,15)11-6-8-18-9-11/h6,8-9,13,15H,4-5,7,10H2,1-3H3. The minimum absolute atomic E-state index is 0.0392. The summed E-state index contributed by atoms with van der Waals surface area (Å²) in [4.78, 5) is 0. The van der Waals surface area contributed by atoms with Crippen LogP contribution in [0.15, 0.2) is 16.8 Å². The van der Waals surface area contributed by atoms with Crippen molar-refractivity contribution in [1.29, 1.82) is 0 Å². The summed E-state index contributed by atoms with van der Waals surface area (Å²) in [5.41, 5.74) is -0.477. The van der Waals surface area contributed by atoms with Crippen LogP contribution in [-0.2, 0) is 15.8 Å². The van der Waals surface area contributed by atoms with Gasteiger partial charge in [-0.25, -0.2) is 0 Å². The van der Waals surface area contributed by atoms with Crippen molar-refractivity contribution in [2.75, 3.05) is 20.1 Å². The van der Waals surface area contributed by atoms with Crippen molar-refractivity contribution in [3.8, 4) is 0 Å². The van der Waals surface area contributed by atoms with Crippen LogP contribution in [0.1, 0.15) is 32.3 Å². The van der Waals surface area contributed by atoms with Gasteiger partial charge in [-0.3, -0.25) is 0 Å². The molecule has 19 heavy (non-hydrogen) atoms. The molecule has 0 amide bonds. The quantitative estimate of drug-likeness (QED) is 0.765. The third-order valence-corrected chi connectivity index (χ3v) is 5.17. The second-order valence-electron chi connectivity index (χ2n) is 4.79. The summed E-state index contributed by atoms with van der Waals surface area (Å²) in [6, 6.07) is 1.79. The van der Waals surface area contributed by atoms with Crippen LogP contribution in [-0.4, -0.2) is 38.0 Å². The van der Waals surface area contributed by atoms with Gasteiger partial charge < -0.3 is 5.11 Å². The maximum atomic E-state index is 12.0. The second kappa shape index (κ2) is 6.81. The molecule has 0 spiro atoms. The van der Waals surface area contributed by atoms with Gasteiger partial charge in [0.05, 0.1) is 0 Å². The van der Waals surface area contributed by atoms with Gasteiger partial charge in [0.2, 0.25) is 0 Å². The van der Waals surface area contributed by atoms with Gasteiger partial charge in [-0.15, -0.1) is 0 Å². The number of hydrogen-bond acceptors (Lipinski definition) is 4. The van der Waals surface area contributed by atoms with Crippen LogP contribution in [0, 0.1) is 0 Å². The van der Waals surface area contributed by atoms with Crippen LogP contribution < -0.4 is 4.72 Å². The van der Waals surface area contributed by atoms with Crippen molar-refractivity contribution < 1.29 is 13.5 Å². The molecule has 1 heterocycles. The number of aliphatic hydroxyl groups is 1. The van der Waals surface area contributed by atoms with Crippen molar-refractivity contribution in [3.63, 3.8) is 0 Å². The molecule has 0 saturated carbocycles. The molecule has 0 aliphatic rings. The van der Waals surface area contributed by atoms with E-state index in [4.69, 9.17) is 0 Å². The number of thiophene rings is 1. The second-order valence-corrected chi connectivity index (χ2v) is 7.43. The monoisotopic (exact) mass is 306 g/mol. The highest BCUT2D eigenvalue weighted by molar-refractivity contribution is 7.87. The van der Waals surface area contributed by atoms with E-state index in [2.05, 4.69) is 4.72 Å². The molecule has 1 aromatic rings. The Morgan fingerprint density at radius 2 is 2.21 bits per heavy atom. The first-order valence-electron chi connectivity index (χ1n) is 6.25. The third-order valence-electron chi connectivity index (χ3n) is 2.98. The highest BCUT2D eigenvalue weighted by Crippen LogP contribution is 2.22. The topological polar surface area (TPSA) is 69.6 Å². The lowest BCUT2D eigenvalue weighted by Crippen LogP contribution is -2.44. The SMILES string of the molecule is CCCCN(C)S(=O)(=O)NCC(C)(O)c1ccsc1. The summed E-state index contributed by atoms with van der Waals surface area (Å²) in [6.07, 6.45) is 1.75. The molecule has 1 rings (SSSR count). The lowest BCUT2D eigenvalue weighted by Gasteiger charge is -2.25. The van der Waals surface area contributed by atoms with Gasteiger partial charge in [0, 0.05) is 20.1 Å². The predicted octanol–water partition coefficient (Wildman–Crippen LogP) is 1.52. The van der Waals surface area contributed by atoms with E-state index in [0.29, 0.717) is 6.54 Å². The van der Waals surface area contributed by atoms with E-state index in [1.807, 2.05) is 17.7 Å². The van der Waals surface area contributed by atoms with Gasteiger partial charge in [0.15, 0.2) is 0 Å². The molecule has 5 nitrogen and oxygen atoms in total. The number of unbranched alkanes of at least 4 members (excludes halogenated alkanes) is 1. The zero-order valence-electron chi connectivity index (χ0n) is 11.6. The Bertz CT molecular complexity index is 469. The largest absolute Gasteiger partial charge is 0.384 e. The van der Waals surface area contributed by atoms with Gasteiger partial charge in [-0.05, 0) is 35.7 Å². The number of hydrogen-bond donors (Lipinski definition) is 2. The van der Waals surface area contributed by atoms with E-state index >= 15 is 0 Å². The molecule has 0 aromatic carbocycles. The molecule has 1 unspecified atom stereocenters. The van der Waals surface area contributed by atoms with E-state index < -0.39 is 15.8 Å². The van der Waals surface area contributed by atoms with E-state index in [0.717, 1.165) is 18.4 Å². The fourth-order valence-electron chi connectivity index (χ4n) is 1.52. The summed E-state index contributed by atoms with van der Waals surface area (Å²) in [7, 11) is -1.99. The average molecular weight is 306 g/mol. The fourth-order valence-corrected chi connectivity index (χ4v) is 3.35. The maximum absolute atomic E-state index is 12.0. The highest BCUT2D eigenvalue weighted by atomic mass is 32.2. The molecule has 0 saturated heterocycles. The Morgan fingerprint density at radius 3 is 2.74 bits per heavy atom. The molecule has 0 fully saturated rings. The van der Waals surface area contributed by atoms with Crippen LogP contribution >= 0.6 is 11.3 Å². The van der Waals surface area contributed by atoms with Crippen molar-refractivity contribution in [2.45, 2.75) is 32.3 Å². The van der Waals surface area contributed by atoms with Crippen LogP contribution in [0.4, 0.5) is 0 Å². The van der Waals surface area contributed by atoms with E-state index in [1.165, 1.54) is 22.7 Å². The highest BCUT2D eigenvalue weighted by Gasteiger charge is 2.27. The Balaban J connectivity index is 2.60. The predicted molar refractivity (Wildman–Crippen MR) is 78.4 cm³/mol. The lowest BCUT2D eigenvalue weighted by atomic mass is 10.0. The first kappa shape index (κ1) is 16.6. The molecule has 0 aliphatic carbocycles. The molecule has 110 valence electrons. The minimum atomic E-state index is -3.53. The fraction of sp³-hybridized carbons (Fsp3) is 0.667. The van der Waals surface area contributed by atoms with Gasteiger partial charge in [-0.2, -0.15) is 28.8 Å². The van der Waals surface area contributed by atoms with Crippen molar-refractivity contribution >= 4 is 21.5 Å². The first-order valence-corrected chi connectivity index (χ1v) is 8.64. The van der Waals surface area contributed by atoms with Crippen LogP contribution in [0.2, 0.25) is 0 Å². The van der Waals surface area contributed by atoms with E-state index in [9.17, 15) is 13.5 Å². The van der Waals surface area contributed by atoms with Crippen molar-refractivity contribution in [2.24, 2.45) is 0 Å². The number of rotatable bonds is 8. The average Bonchev–Trinajstić information content (AvgIpc) is 2.88. The summed E-state index contributed by atoms with van der Waals surface area (Å²) in [5, 5.41) is 13.9. The zero-order valence-corrected chi connectivity index (χ0v) is 13.2. The zero-order chi connectivity index (χ0) is 14.5. The molecule has 7 heteroatoms. The lowest BCUT2D eigenvalue weighted by molar-refractivity contribution is 0.0628. The maximum Gasteiger partial charge on any atom is 0.279 e. The molecule has 2 N–H and O–H groups in total. The first-order chi connectivity index (χ1) is 8.79. The Kier molecular flexibility index (Phi) is 5.94. The number of nitrogens with one attached hydrogen (secondary N) is 1. The molecule has 0 radical (unpaired) electrons. The summed E-state index contributed by atoms with van der Waals surface area (Å²) >= 11 is 1.47. The Morgan fingerprint density at radius 1 is 1.53 bits per heavy atom. The van der Waals surface area contributed by atoms with Gasteiger partial charge in [0.25, 0.3) is 10.2 Å². The van der Waals surface area contributed by atoms with Gasteiger partial charge >= 0.3 is 0 Å². The van der Waals surface area contributed by atoms with Crippen LogP contribution in [0.25, 0.3) is 0 Å². The molecule has 1 atom stereocenters. The third kappa shape index (κ3) is 4.85. The summed E-state index contributed by atoms with van der Waals surface area (Å²) < 4.78 is 27.6. The van der Waals surface area contributed by atoms with Crippen LogP contribution in [0.5, 0.6) is 0 Å². The van der Waals surface area contributed by atoms with Gasteiger partial charge in [-0.1, -0.05) is 13.3 Å². The van der Waals surface area contributed by atoms with Crippen molar-refractivity contribution in [3.05, 3.63) is 22.4 Å². The summed E-state index contributed by atoms with van der Waals surface area (Å²) in [5.74, 6) is 0. The molecule has 1 aromatic heterocycles. The Labute approximate surface area is 119 Å². The smallest absolute Gasteiger partial charge is 0.279 e. The minimum Gasteiger partial charge on any atom is -0.384 e. The van der Waals surface area contributed by atoms with E-state index in [1.54, 1.807) is 13.0 Å². The molecular formula is C12H22N2O3S2. The summed E-state index contributed by atoms with van der Waals surface area (Å²) in [6.45, 7) is 4.05. The van der Waals surface area contributed by atoms with Crippen LogP contribution in [0.3, 0.4) is 0 Å². The molecule has 0 aliphatic heterocycles.